The number of ether oxygens (including phenoxy) is 1. The Morgan fingerprint density at radius 3 is 2.25 bits per heavy atom. The summed E-state index contributed by atoms with van der Waals surface area (Å²) in [5.74, 6) is -0.347. The lowest BCUT2D eigenvalue weighted by molar-refractivity contribution is -0.0601. The maximum atomic E-state index is 13.1. The molecule has 1 aromatic rings. The van der Waals surface area contributed by atoms with Crippen LogP contribution in [0.4, 0.5) is 0 Å². The van der Waals surface area contributed by atoms with Gasteiger partial charge in [0, 0.05) is 6.04 Å². The van der Waals surface area contributed by atoms with Gasteiger partial charge in [-0.15, -0.1) is 5.10 Å². The predicted octanol–water partition coefficient (Wildman–Crippen LogP) is 3.38. The first-order valence-corrected chi connectivity index (χ1v) is 21.0. The summed E-state index contributed by atoms with van der Waals surface area (Å²) in [5.41, 5.74) is 4.93. The number of nitrogens with zero attached hydrogens (tertiary/aromatic N) is 3. The molecule has 3 aliphatic rings. The number of nitrogens with one attached hydrogen (secondary N) is 1. The molecule has 1 amide bonds. The third kappa shape index (κ3) is 5.70. The Morgan fingerprint density at radius 1 is 1.15 bits per heavy atom. The molecule has 3 N–H and O–H groups in total. The fourth-order valence-corrected chi connectivity index (χ4v) is 7.78. The zero-order valence-electron chi connectivity index (χ0n) is 25.3. The molecule has 40 heavy (non-hydrogen) atoms. The summed E-state index contributed by atoms with van der Waals surface area (Å²) in [6.45, 7) is 20.8. The molecule has 226 valence electrons. The average molecular weight is 616 g/mol. The number of carbonyl (C=O) groups is 1. The summed E-state index contributed by atoms with van der Waals surface area (Å²) < 4.78 is 53.0. The summed E-state index contributed by atoms with van der Waals surface area (Å²) >= 11 is 0. The summed E-state index contributed by atoms with van der Waals surface area (Å²) in [6.07, 6.45) is 0.0790. The van der Waals surface area contributed by atoms with E-state index >= 15 is 0 Å². The van der Waals surface area contributed by atoms with Crippen LogP contribution in [0.15, 0.2) is 17.3 Å². The van der Waals surface area contributed by atoms with Gasteiger partial charge in [0.25, 0.3) is 16.0 Å². The summed E-state index contributed by atoms with van der Waals surface area (Å²) in [7, 11) is -9.06. The molecule has 0 aromatic carbocycles. The molecule has 3 heterocycles. The molecule has 1 aromatic heterocycles. The lowest BCUT2D eigenvalue weighted by Crippen LogP contribution is -2.59. The van der Waals surface area contributed by atoms with Crippen molar-refractivity contribution in [3.8, 4) is 0 Å². The van der Waals surface area contributed by atoms with Crippen molar-refractivity contribution in [3.63, 3.8) is 0 Å². The molecule has 1 aliphatic carbocycles. The molecule has 1 saturated carbocycles. The number of hydrogen-bond donors (Lipinski definition) is 2. The van der Waals surface area contributed by atoms with E-state index in [0.717, 1.165) is 18.2 Å². The van der Waals surface area contributed by atoms with Crippen molar-refractivity contribution >= 4 is 32.7 Å². The quantitative estimate of drug-likeness (QED) is 0.328. The fraction of sp³-hybridized carbons (Fsp3) is 0.800. The van der Waals surface area contributed by atoms with Crippen LogP contribution in [0.25, 0.3) is 0 Å². The highest BCUT2D eigenvalue weighted by Crippen LogP contribution is 2.52. The zero-order chi connectivity index (χ0) is 30.1. The zero-order valence-corrected chi connectivity index (χ0v) is 28.1. The predicted molar refractivity (Wildman–Crippen MR) is 155 cm³/mol. The van der Waals surface area contributed by atoms with Gasteiger partial charge in [-0.25, -0.2) is 8.86 Å². The Balaban J connectivity index is 1.83. The van der Waals surface area contributed by atoms with Crippen molar-refractivity contribution in [2.24, 2.45) is 5.73 Å². The molecule has 1 spiro atoms. The van der Waals surface area contributed by atoms with Gasteiger partial charge in [0.2, 0.25) is 0 Å². The smallest absolute Gasteiger partial charge is 0.292 e. The van der Waals surface area contributed by atoms with E-state index in [1.807, 2.05) is 13.1 Å². The van der Waals surface area contributed by atoms with Gasteiger partial charge in [-0.3, -0.25) is 4.79 Å². The van der Waals surface area contributed by atoms with E-state index < -0.39 is 50.8 Å². The molecule has 1 saturated heterocycles. The van der Waals surface area contributed by atoms with Crippen molar-refractivity contribution in [1.82, 2.24) is 20.3 Å². The second-order valence-electron chi connectivity index (χ2n) is 14.1. The number of carbonyl (C=O) groups excluding carboxylic acids is 1. The maximum Gasteiger partial charge on any atom is 0.292 e. The molecule has 2 fully saturated rings. The number of amides is 1. The number of aromatic nitrogens is 3. The van der Waals surface area contributed by atoms with Gasteiger partial charge in [-0.05, 0) is 49.1 Å². The van der Waals surface area contributed by atoms with Crippen molar-refractivity contribution in [2.75, 3.05) is 6.61 Å². The van der Waals surface area contributed by atoms with Gasteiger partial charge in [0.1, 0.15) is 17.9 Å². The Bertz CT molecular complexity index is 1280. The first-order valence-electron chi connectivity index (χ1n) is 13.7. The highest BCUT2D eigenvalue weighted by atomic mass is 32.2. The van der Waals surface area contributed by atoms with Crippen LogP contribution in [0.5, 0.6) is 0 Å². The van der Waals surface area contributed by atoms with Crippen LogP contribution < -0.4 is 11.1 Å². The number of hydrogen-bond acceptors (Lipinski definition) is 10. The van der Waals surface area contributed by atoms with Crippen molar-refractivity contribution in [3.05, 3.63) is 23.0 Å². The van der Waals surface area contributed by atoms with Crippen LogP contribution in [-0.4, -0.2) is 76.4 Å². The highest BCUT2D eigenvalue weighted by molar-refractivity contribution is 7.90. The highest BCUT2D eigenvalue weighted by Gasteiger charge is 2.67. The van der Waals surface area contributed by atoms with Gasteiger partial charge in [0.15, 0.2) is 28.5 Å². The minimum absolute atomic E-state index is 0.00666. The van der Waals surface area contributed by atoms with E-state index in [1.165, 1.54) is 10.9 Å². The molecular formula is C25H45N5O7SSi2. The van der Waals surface area contributed by atoms with Crippen LogP contribution in [-0.2, 0) is 27.9 Å². The second-order valence-corrected chi connectivity index (χ2v) is 25.1. The van der Waals surface area contributed by atoms with Gasteiger partial charge in [-0.2, -0.15) is 8.42 Å². The first kappa shape index (κ1) is 31.3. The largest absolute Gasteiger partial charge is 0.414 e. The number of rotatable bonds is 8. The van der Waals surface area contributed by atoms with Gasteiger partial charge < -0.3 is 24.6 Å². The van der Waals surface area contributed by atoms with E-state index in [-0.39, 0.29) is 40.0 Å². The fourth-order valence-electron chi connectivity index (χ4n) is 4.27. The van der Waals surface area contributed by atoms with E-state index in [9.17, 15) is 13.2 Å². The normalized spacial score (nSPS) is 29.1. The minimum Gasteiger partial charge on any atom is -0.414 e. The Kier molecular flexibility index (Phi) is 7.82. The summed E-state index contributed by atoms with van der Waals surface area (Å²) in [5, 5.41) is 11.7. The first-order chi connectivity index (χ1) is 18.1. The van der Waals surface area contributed by atoms with E-state index in [0.29, 0.717) is 0 Å². The lowest BCUT2D eigenvalue weighted by atomic mass is 9.89. The van der Waals surface area contributed by atoms with Crippen LogP contribution in [0.2, 0.25) is 36.3 Å². The van der Waals surface area contributed by atoms with Crippen LogP contribution in [0.3, 0.4) is 0 Å². The third-order valence-corrected chi connectivity index (χ3v) is 19.0. The molecule has 15 heteroatoms. The van der Waals surface area contributed by atoms with Gasteiger partial charge in [-0.1, -0.05) is 46.8 Å². The van der Waals surface area contributed by atoms with Gasteiger partial charge in [0.05, 0.1) is 23.9 Å². The number of nitrogens with two attached hydrogens (primary N) is 1. The maximum absolute atomic E-state index is 13.1. The molecule has 12 nitrogen and oxygen atoms in total. The van der Waals surface area contributed by atoms with Crippen molar-refractivity contribution < 1.29 is 31.0 Å². The molecule has 4 unspecified atom stereocenters. The minimum atomic E-state index is -4.15. The summed E-state index contributed by atoms with van der Waals surface area (Å²) in [4.78, 5) is 13.1. The molecule has 0 bridgehead atoms. The molecule has 4 rings (SSSR count). The van der Waals surface area contributed by atoms with Crippen molar-refractivity contribution in [2.45, 2.75) is 121 Å². The van der Waals surface area contributed by atoms with E-state index in [4.69, 9.17) is 23.5 Å². The SMILES string of the molecule is CC(C)(C)[Si](C)(C)OCC1OC(n2nncc2C(=O)NC2CC2)C(O[Si](C)(C)C(C)(C)C)C12OS(=O)(=O)C=C2N. The van der Waals surface area contributed by atoms with Crippen LogP contribution >= 0.6 is 0 Å². The molecule has 0 radical (unpaired) electrons. The standard InChI is InChI=1S/C25H45N5O7SSi2/c1-23(2,3)39(7,8)34-14-19-25(18(26)15-38(32,33)37-25)20(36-40(9,10)24(4,5)6)22(35-19)30-17(13-27-29-30)21(31)28-16-11-12-16/h13,15-16,19-20,22H,11-12,14,26H2,1-10H3,(H,28,31). The van der Waals surface area contributed by atoms with E-state index in [2.05, 4.69) is 70.3 Å². The molecular weight excluding hydrogens is 571 g/mol. The van der Waals surface area contributed by atoms with Crippen LogP contribution in [0, 0.1) is 0 Å². The lowest BCUT2D eigenvalue weighted by Gasteiger charge is -2.43. The Morgan fingerprint density at radius 2 is 1.75 bits per heavy atom. The second kappa shape index (κ2) is 9.98. The van der Waals surface area contributed by atoms with Crippen molar-refractivity contribution in [1.29, 1.82) is 0 Å². The Hall–Kier alpha value is -1.63. The van der Waals surface area contributed by atoms with Crippen LogP contribution in [0.1, 0.15) is 71.1 Å². The third-order valence-electron chi connectivity index (χ3n) is 9.03. The molecule has 4 atom stereocenters. The molecule has 2 aliphatic heterocycles. The summed E-state index contributed by atoms with van der Waals surface area (Å²) in [6, 6.07) is 0.110. The topological polar surface area (TPSA) is 157 Å². The monoisotopic (exact) mass is 615 g/mol. The van der Waals surface area contributed by atoms with Gasteiger partial charge >= 0.3 is 0 Å². The Labute approximate surface area is 239 Å². The van der Waals surface area contributed by atoms with E-state index in [1.54, 1.807) is 0 Å². The average Bonchev–Trinajstić information content (AvgIpc) is 3.27.